The maximum absolute atomic E-state index is 9.22. The number of nitrogens with zero attached hydrogens (tertiary/aromatic N) is 3. The molecule has 1 rings (SSSR count). The summed E-state index contributed by atoms with van der Waals surface area (Å²) in [5.74, 6) is 0.980. The van der Waals surface area contributed by atoms with E-state index in [9.17, 15) is 5.26 Å². The molecule has 4 nitrogen and oxygen atoms in total. The Morgan fingerprint density at radius 3 is 2.74 bits per heavy atom. The van der Waals surface area contributed by atoms with Crippen LogP contribution < -0.4 is 5.32 Å². The zero-order valence-corrected chi connectivity index (χ0v) is 14.1. The molecule has 0 aliphatic rings. The first-order valence-electron chi connectivity index (χ1n) is 6.30. The van der Waals surface area contributed by atoms with E-state index in [4.69, 9.17) is 0 Å². The molecule has 0 aromatic carbocycles. The molecule has 1 atom stereocenters. The number of hydrogen-bond donors (Lipinski definition) is 1. The lowest BCUT2D eigenvalue weighted by molar-refractivity contribution is 0.415. The Hall–Kier alpha value is -0.290. The van der Waals surface area contributed by atoms with Crippen LogP contribution in [0.2, 0.25) is 0 Å². The molecular weight excluding hydrogens is 296 g/mol. The van der Waals surface area contributed by atoms with Gasteiger partial charge in [-0.2, -0.15) is 5.26 Å². The lowest BCUT2D eigenvalue weighted by Crippen LogP contribution is -2.41. The largest absolute Gasteiger partial charge is 0.300 e. The third kappa shape index (κ3) is 6.13. The number of nitrogens with one attached hydrogen (secondary N) is 1. The number of aromatic nitrogens is 2. The highest BCUT2D eigenvalue weighted by Crippen LogP contribution is 2.28. The molecule has 0 spiro atoms. The molecule has 1 heterocycles. The van der Waals surface area contributed by atoms with Crippen LogP contribution in [0, 0.1) is 11.3 Å². The van der Waals surface area contributed by atoms with Gasteiger partial charge in [-0.1, -0.05) is 41.8 Å². The highest BCUT2D eigenvalue weighted by atomic mass is 32.2. The summed E-state index contributed by atoms with van der Waals surface area (Å²) in [7, 11) is 0. The van der Waals surface area contributed by atoms with Crippen molar-refractivity contribution in [1.82, 2.24) is 15.5 Å². The van der Waals surface area contributed by atoms with Gasteiger partial charge in [-0.25, -0.2) is 0 Å². The van der Waals surface area contributed by atoms with Crippen LogP contribution in [0.1, 0.15) is 33.1 Å². The highest BCUT2D eigenvalue weighted by Gasteiger charge is 2.21. The lowest BCUT2D eigenvalue weighted by Gasteiger charge is -2.22. The van der Waals surface area contributed by atoms with Crippen molar-refractivity contribution in [1.29, 1.82) is 5.26 Å². The average molecular weight is 317 g/mol. The second-order valence-electron chi connectivity index (χ2n) is 4.36. The molecular formula is C12H20N4S3. The quantitative estimate of drug-likeness (QED) is 0.556. The van der Waals surface area contributed by atoms with Crippen molar-refractivity contribution in [3.05, 3.63) is 0 Å². The molecule has 0 bridgehead atoms. The Kier molecular flexibility index (Phi) is 7.76. The molecule has 0 fully saturated rings. The SMILES string of the molecule is CCCNC(C)(C#N)CCCSc1nnc(SC)s1. The topological polar surface area (TPSA) is 61.6 Å². The van der Waals surface area contributed by atoms with Gasteiger partial charge in [-0.3, -0.25) is 5.32 Å². The van der Waals surface area contributed by atoms with Crippen LogP contribution in [0.25, 0.3) is 0 Å². The molecule has 1 aromatic rings. The van der Waals surface area contributed by atoms with Crippen molar-refractivity contribution >= 4 is 34.9 Å². The van der Waals surface area contributed by atoms with Gasteiger partial charge in [0.15, 0.2) is 8.68 Å². The van der Waals surface area contributed by atoms with Gasteiger partial charge in [0.25, 0.3) is 0 Å². The van der Waals surface area contributed by atoms with E-state index >= 15 is 0 Å². The number of hydrogen-bond acceptors (Lipinski definition) is 7. The van der Waals surface area contributed by atoms with E-state index in [1.807, 2.05) is 13.2 Å². The predicted octanol–water partition coefficient (Wildman–Crippen LogP) is 3.41. The summed E-state index contributed by atoms with van der Waals surface area (Å²) >= 11 is 4.98. The zero-order chi connectivity index (χ0) is 14.1. The van der Waals surface area contributed by atoms with Crippen LogP contribution in [0.15, 0.2) is 8.68 Å². The van der Waals surface area contributed by atoms with Crippen molar-refractivity contribution in [2.45, 2.75) is 47.3 Å². The van der Waals surface area contributed by atoms with Crippen LogP contribution in [-0.2, 0) is 0 Å². The molecule has 0 amide bonds. The number of thioether (sulfide) groups is 2. The van der Waals surface area contributed by atoms with Gasteiger partial charge in [0.1, 0.15) is 5.54 Å². The molecule has 0 aliphatic carbocycles. The average Bonchev–Trinajstić information content (AvgIpc) is 2.89. The van der Waals surface area contributed by atoms with E-state index < -0.39 is 5.54 Å². The van der Waals surface area contributed by atoms with E-state index in [0.29, 0.717) is 0 Å². The fourth-order valence-corrected chi connectivity index (χ4v) is 3.96. The second kappa shape index (κ2) is 8.80. The number of nitriles is 1. The third-order valence-electron chi connectivity index (χ3n) is 2.62. The Morgan fingerprint density at radius 2 is 2.16 bits per heavy atom. The zero-order valence-electron chi connectivity index (χ0n) is 11.6. The van der Waals surface area contributed by atoms with Crippen LogP contribution >= 0.6 is 34.9 Å². The monoisotopic (exact) mass is 316 g/mol. The normalized spacial score (nSPS) is 14.0. The molecule has 19 heavy (non-hydrogen) atoms. The Bertz CT molecular complexity index is 415. The molecule has 0 radical (unpaired) electrons. The van der Waals surface area contributed by atoms with E-state index in [0.717, 1.165) is 40.2 Å². The second-order valence-corrected chi connectivity index (χ2v) is 7.73. The Balaban J connectivity index is 2.27. The minimum atomic E-state index is -0.401. The summed E-state index contributed by atoms with van der Waals surface area (Å²) in [4.78, 5) is 0. The first-order valence-corrected chi connectivity index (χ1v) is 9.33. The summed E-state index contributed by atoms with van der Waals surface area (Å²) < 4.78 is 2.03. The minimum absolute atomic E-state index is 0.401. The van der Waals surface area contributed by atoms with Crippen molar-refractivity contribution in [3.63, 3.8) is 0 Å². The first-order chi connectivity index (χ1) is 9.13. The first kappa shape index (κ1) is 16.8. The van der Waals surface area contributed by atoms with Crippen molar-refractivity contribution in [2.75, 3.05) is 18.6 Å². The fourth-order valence-electron chi connectivity index (χ4n) is 1.51. The Morgan fingerprint density at radius 1 is 1.42 bits per heavy atom. The Labute approximate surface area is 127 Å². The van der Waals surface area contributed by atoms with Gasteiger partial charge in [-0.05, 0) is 39.0 Å². The summed E-state index contributed by atoms with van der Waals surface area (Å²) in [6.07, 6.45) is 4.92. The molecule has 106 valence electrons. The van der Waals surface area contributed by atoms with E-state index in [2.05, 4.69) is 28.5 Å². The van der Waals surface area contributed by atoms with E-state index in [1.165, 1.54) is 0 Å². The van der Waals surface area contributed by atoms with Gasteiger partial charge in [0.2, 0.25) is 0 Å². The summed E-state index contributed by atoms with van der Waals surface area (Å²) in [6.45, 7) is 4.98. The van der Waals surface area contributed by atoms with Crippen LogP contribution in [-0.4, -0.2) is 34.3 Å². The van der Waals surface area contributed by atoms with Crippen LogP contribution in [0.3, 0.4) is 0 Å². The molecule has 1 unspecified atom stereocenters. The van der Waals surface area contributed by atoms with Gasteiger partial charge in [0, 0.05) is 5.75 Å². The fraction of sp³-hybridized carbons (Fsp3) is 0.750. The standard InChI is InChI=1S/C12H20N4S3/c1-4-7-14-12(2,9-13)6-5-8-18-11-16-15-10(17-3)19-11/h14H,4-8H2,1-3H3. The minimum Gasteiger partial charge on any atom is -0.300 e. The molecule has 0 saturated heterocycles. The summed E-state index contributed by atoms with van der Waals surface area (Å²) in [5.41, 5.74) is -0.401. The molecule has 1 aromatic heterocycles. The lowest BCUT2D eigenvalue weighted by atomic mass is 9.98. The van der Waals surface area contributed by atoms with E-state index in [1.54, 1.807) is 34.9 Å². The maximum atomic E-state index is 9.22. The summed E-state index contributed by atoms with van der Waals surface area (Å²) in [5, 5.41) is 20.7. The van der Waals surface area contributed by atoms with Crippen molar-refractivity contribution < 1.29 is 0 Å². The van der Waals surface area contributed by atoms with E-state index in [-0.39, 0.29) is 0 Å². The molecule has 0 saturated carbocycles. The van der Waals surface area contributed by atoms with Gasteiger partial charge >= 0.3 is 0 Å². The number of rotatable bonds is 9. The van der Waals surface area contributed by atoms with Gasteiger partial charge < -0.3 is 0 Å². The highest BCUT2D eigenvalue weighted by molar-refractivity contribution is 8.02. The van der Waals surface area contributed by atoms with Crippen LogP contribution in [0.5, 0.6) is 0 Å². The molecule has 7 heteroatoms. The molecule has 1 N–H and O–H groups in total. The maximum Gasteiger partial charge on any atom is 0.175 e. The predicted molar refractivity (Wildman–Crippen MR) is 84.0 cm³/mol. The van der Waals surface area contributed by atoms with Gasteiger partial charge in [0.05, 0.1) is 6.07 Å². The smallest absolute Gasteiger partial charge is 0.175 e. The van der Waals surface area contributed by atoms with Crippen molar-refractivity contribution in [3.8, 4) is 6.07 Å². The van der Waals surface area contributed by atoms with Crippen LogP contribution in [0.4, 0.5) is 0 Å². The third-order valence-corrected chi connectivity index (χ3v) is 5.74. The van der Waals surface area contributed by atoms with Crippen molar-refractivity contribution in [2.24, 2.45) is 0 Å². The molecule has 0 aliphatic heterocycles. The van der Waals surface area contributed by atoms with Gasteiger partial charge in [-0.15, -0.1) is 10.2 Å². The summed E-state index contributed by atoms with van der Waals surface area (Å²) in [6, 6.07) is 2.38.